The van der Waals surface area contributed by atoms with Crippen molar-refractivity contribution in [1.29, 1.82) is 0 Å². The minimum absolute atomic E-state index is 0.837. The molecule has 0 saturated heterocycles. The molecule has 0 atom stereocenters. The van der Waals surface area contributed by atoms with Crippen molar-refractivity contribution in [3.63, 3.8) is 0 Å². The Balaban J connectivity index is 1.18. The molecule has 8 nitrogen and oxygen atoms in total. The molecular weight excluding hydrogens is 448 g/mol. The van der Waals surface area contributed by atoms with Gasteiger partial charge in [-0.1, -0.05) is 24.3 Å². The molecule has 3 aromatic carbocycles. The number of nitrogens with zero attached hydrogens (tertiary/aromatic N) is 4. The Bertz CT molecular complexity index is 1640. The molecule has 0 spiro atoms. The average molecular weight is 475 g/mol. The number of nitrogens with one attached hydrogen (secondary N) is 4. The van der Waals surface area contributed by atoms with E-state index >= 15 is 0 Å². The standard InChI is InChI=1S/C28H26N8/c1-11-29-25(30-12-1)17-3-5-18(6-4-17)27-33-21-10-8-20(16-24(21)35-27)28-34-22-9-7-19(15-23(22)36-28)26-31-13-2-14-32-26/h3-10,15-16H,1-2,11-14H2,(H,29,30)(H,31,32)(H,33,35)(H,34,36). The van der Waals surface area contributed by atoms with Crippen molar-refractivity contribution in [2.24, 2.45) is 9.98 Å². The zero-order valence-corrected chi connectivity index (χ0v) is 19.8. The van der Waals surface area contributed by atoms with Crippen LogP contribution in [0, 0.1) is 0 Å². The first-order chi connectivity index (χ1) is 17.8. The van der Waals surface area contributed by atoms with E-state index in [-0.39, 0.29) is 0 Å². The van der Waals surface area contributed by atoms with Gasteiger partial charge in [0.1, 0.15) is 23.3 Å². The lowest BCUT2D eigenvalue weighted by Gasteiger charge is -2.14. The van der Waals surface area contributed by atoms with Crippen molar-refractivity contribution in [2.45, 2.75) is 12.8 Å². The molecule has 4 heterocycles. The molecule has 0 bridgehead atoms. The summed E-state index contributed by atoms with van der Waals surface area (Å²) in [7, 11) is 0. The normalized spacial score (nSPS) is 15.9. The molecular formula is C28H26N8. The quantitative estimate of drug-likeness (QED) is 0.312. The zero-order chi connectivity index (χ0) is 23.9. The van der Waals surface area contributed by atoms with E-state index in [0.717, 1.165) is 107 Å². The van der Waals surface area contributed by atoms with Gasteiger partial charge in [0.2, 0.25) is 0 Å². The van der Waals surface area contributed by atoms with Crippen LogP contribution in [0.4, 0.5) is 0 Å². The lowest BCUT2D eigenvalue weighted by Crippen LogP contribution is -2.30. The predicted octanol–water partition coefficient (Wildman–Crippen LogP) is 4.25. The first kappa shape index (κ1) is 20.9. The number of aromatic nitrogens is 4. The molecule has 7 rings (SSSR count). The van der Waals surface area contributed by atoms with Crippen LogP contribution in [-0.4, -0.2) is 57.8 Å². The SMILES string of the molecule is c1cc(-c2nc3ccc(-c4nc5ccc(C6=NCCCN6)cc5[nH]4)cc3[nH]2)ccc1C1=NCCCN1. The van der Waals surface area contributed by atoms with E-state index in [1.165, 1.54) is 0 Å². The van der Waals surface area contributed by atoms with E-state index in [2.05, 4.69) is 79.1 Å². The molecule has 8 heteroatoms. The topological polar surface area (TPSA) is 106 Å². The van der Waals surface area contributed by atoms with Crippen LogP contribution in [0.15, 0.2) is 70.6 Å². The van der Waals surface area contributed by atoms with E-state index < -0.39 is 0 Å². The second kappa shape index (κ2) is 8.64. The van der Waals surface area contributed by atoms with E-state index in [0.29, 0.717) is 0 Å². The Hall–Kier alpha value is -4.46. The van der Waals surface area contributed by atoms with Gasteiger partial charge in [0.05, 0.1) is 22.1 Å². The van der Waals surface area contributed by atoms with Crippen molar-refractivity contribution < 1.29 is 0 Å². The Labute approximate surface area is 208 Å². The highest BCUT2D eigenvalue weighted by molar-refractivity contribution is 6.02. The molecule has 0 saturated carbocycles. The smallest absolute Gasteiger partial charge is 0.138 e. The van der Waals surface area contributed by atoms with Gasteiger partial charge in [0, 0.05) is 48.4 Å². The predicted molar refractivity (Wildman–Crippen MR) is 145 cm³/mol. The van der Waals surface area contributed by atoms with Crippen molar-refractivity contribution in [1.82, 2.24) is 30.6 Å². The molecule has 0 fully saturated rings. The van der Waals surface area contributed by atoms with Crippen molar-refractivity contribution >= 4 is 33.7 Å². The number of fused-ring (bicyclic) bond motifs is 2. The number of aliphatic imine (C=N–C) groups is 2. The van der Waals surface area contributed by atoms with Crippen molar-refractivity contribution in [3.05, 3.63) is 71.8 Å². The largest absolute Gasteiger partial charge is 0.370 e. The molecule has 0 amide bonds. The summed E-state index contributed by atoms with van der Waals surface area (Å²) in [5.41, 5.74) is 8.10. The number of benzene rings is 3. The fraction of sp³-hybridized carbons (Fsp3) is 0.214. The fourth-order valence-electron chi connectivity index (χ4n) is 4.83. The Morgan fingerprint density at radius 1 is 0.528 bits per heavy atom. The maximum Gasteiger partial charge on any atom is 0.138 e. The average Bonchev–Trinajstić information content (AvgIpc) is 3.58. The van der Waals surface area contributed by atoms with Crippen LogP contribution in [0.1, 0.15) is 24.0 Å². The summed E-state index contributed by atoms with van der Waals surface area (Å²) < 4.78 is 0. The van der Waals surface area contributed by atoms with Crippen LogP contribution in [-0.2, 0) is 0 Å². The van der Waals surface area contributed by atoms with E-state index in [4.69, 9.17) is 9.97 Å². The van der Waals surface area contributed by atoms with Gasteiger partial charge >= 0.3 is 0 Å². The third-order valence-electron chi connectivity index (χ3n) is 6.74. The van der Waals surface area contributed by atoms with Crippen LogP contribution < -0.4 is 10.6 Å². The van der Waals surface area contributed by atoms with Gasteiger partial charge < -0.3 is 20.6 Å². The number of hydrogen-bond acceptors (Lipinski definition) is 6. The van der Waals surface area contributed by atoms with Crippen molar-refractivity contribution in [2.75, 3.05) is 26.2 Å². The lowest BCUT2D eigenvalue weighted by molar-refractivity contribution is 0.742. The van der Waals surface area contributed by atoms with Crippen LogP contribution in [0.25, 0.3) is 44.8 Å². The fourth-order valence-corrected chi connectivity index (χ4v) is 4.83. The van der Waals surface area contributed by atoms with Gasteiger partial charge in [-0.05, 0) is 49.2 Å². The molecule has 0 aliphatic carbocycles. The summed E-state index contributed by atoms with van der Waals surface area (Å²) in [4.78, 5) is 25.8. The molecule has 2 aromatic heterocycles. The minimum Gasteiger partial charge on any atom is -0.370 e. The van der Waals surface area contributed by atoms with Crippen LogP contribution >= 0.6 is 0 Å². The number of amidine groups is 2. The third-order valence-corrected chi connectivity index (χ3v) is 6.74. The highest BCUT2D eigenvalue weighted by atomic mass is 15.0. The van der Waals surface area contributed by atoms with Gasteiger partial charge in [0.15, 0.2) is 0 Å². The number of rotatable bonds is 4. The first-order valence-corrected chi connectivity index (χ1v) is 12.5. The maximum atomic E-state index is 4.83. The summed E-state index contributed by atoms with van der Waals surface area (Å²) in [5.74, 6) is 3.62. The molecule has 0 radical (unpaired) electrons. The van der Waals surface area contributed by atoms with Gasteiger partial charge in [-0.25, -0.2) is 9.97 Å². The number of imidazole rings is 2. The van der Waals surface area contributed by atoms with Crippen LogP contribution in [0.5, 0.6) is 0 Å². The molecule has 2 aliphatic heterocycles. The van der Waals surface area contributed by atoms with Gasteiger partial charge in [-0.2, -0.15) is 0 Å². The first-order valence-electron chi connectivity index (χ1n) is 12.5. The van der Waals surface area contributed by atoms with Crippen LogP contribution in [0.3, 0.4) is 0 Å². The number of aromatic amines is 2. The second-order valence-corrected chi connectivity index (χ2v) is 9.23. The molecule has 36 heavy (non-hydrogen) atoms. The molecule has 0 unspecified atom stereocenters. The zero-order valence-electron chi connectivity index (χ0n) is 19.8. The van der Waals surface area contributed by atoms with Gasteiger partial charge in [0.25, 0.3) is 0 Å². The lowest BCUT2D eigenvalue weighted by atomic mass is 10.1. The van der Waals surface area contributed by atoms with Gasteiger partial charge in [-0.3, -0.25) is 9.98 Å². The minimum atomic E-state index is 0.837. The van der Waals surface area contributed by atoms with E-state index in [1.807, 2.05) is 12.1 Å². The monoisotopic (exact) mass is 474 g/mol. The number of hydrogen-bond donors (Lipinski definition) is 4. The Morgan fingerprint density at radius 3 is 1.64 bits per heavy atom. The molecule has 178 valence electrons. The summed E-state index contributed by atoms with van der Waals surface area (Å²) >= 11 is 0. The molecule has 2 aliphatic rings. The highest BCUT2D eigenvalue weighted by Crippen LogP contribution is 2.27. The van der Waals surface area contributed by atoms with E-state index in [9.17, 15) is 0 Å². The Kier molecular flexibility index (Phi) is 5.01. The summed E-state index contributed by atoms with van der Waals surface area (Å²) in [6.07, 6.45) is 2.17. The highest BCUT2D eigenvalue weighted by Gasteiger charge is 2.13. The van der Waals surface area contributed by atoms with Crippen LogP contribution in [0.2, 0.25) is 0 Å². The van der Waals surface area contributed by atoms with Gasteiger partial charge in [-0.15, -0.1) is 0 Å². The van der Waals surface area contributed by atoms with E-state index in [1.54, 1.807) is 0 Å². The Morgan fingerprint density at radius 2 is 1.03 bits per heavy atom. The summed E-state index contributed by atoms with van der Waals surface area (Å²) in [6.45, 7) is 3.70. The van der Waals surface area contributed by atoms with Crippen molar-refractivity contribution in [3.8, 4) is 22.8 Å². The summed E-state index contributed by atoms with van der Waals surface area (Å²) in [5, 5.41) is 6.77. The number of H-pyrrole nitrogens is 2. The summed E-state index contributed by atoms with van der Waals surface area (Å²) in [6, 6.07) is 20.8. The molecule has 5 aromatic rings. The third kappa shape index (κ3) is 3.80. The molecule has 4 N–H and O–H groups in total. The maximum absolute atomic E-state index is 4.83. The second-order valence-electron chi connectivity index (χ2n) is 9.23.